The fraction of sp³-hybridized carbons (Fsp3) is 0. The number of halogens is 2. The van der Waals surface area contributed by atoms with E-state index < -0.39 is 5.82 Å². The Labute approximate surface area is 85.8 Å². The van der Waals surface area contributed by atoms with E-state index in [1.54, 1.807) is 18.3 Å². The van der Waals surface area contributed by atoms with Gasteiger partial charge < -0.3 is 0 Å². The fourth-order valence-corrected chi connectivity index (χ4v) is 2.18. The number of nitrogens with zero attached hydrogens (tertiary/aromatic N) is 2. The Bertz CT molecular complexity index is 515. The SMILES string of the molecule is N#Cc1sc2cnc(Br)cc2c1F. The molecule has 0 saturated heterocycles. The Balaban J connectivity index is 2.87. The second kappa shape index (κ2) is 3.05. The lowest BCUT2D eigenvalue weighted by Gasteiger charge is -1.89. The Morgan fingerprint density at radius 1 is 1.62 bits per heavy atom. The summed E-state index contributed by atoms with van der Waals surface area (Å²) in [6, 6.07) is 3.38. The van der Waals surface area contributed by atoms with Crippen LogP contribution in [0.1, 0.15) is 4.88 Å². The van der Waals surface area contributed by atoms with Crippen LogP contribution in [0.5, 0.6) is 0 Å². The van der Waals surface area contributed by atoms with Crippen molar-refractivity contribution >= 4 is 37.4 Å². The molecule has 2 aromatic heterocycles. The van der Waals surface area contributed by atoms with Gasteiger partial charge in [-0.2, -0.15) is 5.26 Å². The molecule has 13 heavy (non-hydrogen) atoms. The molecule has 0 aliphatic carbocycles. The molecule has 0 aromatic carbocycles. The van der Waals surface area contributed by atoms with Crippen molar-refractivity contribution in [1.29, 1.82) is 5.26 Å². The number of hydrogen-bond acceptors (Lipinski definition) is 3. The summed E-state index contributed by atoms with van der Waals surface area (Å²) in [5, 5.41) is 9.02. The summed E-state index contributed by atoms with van der Waals surface area (Å²) in [5.74, 6) is -0.453. The summed E-state index contributed by atoms with van der Waals surface area (Å²) in [6.45, 7) is 0. The zero-order valence-electron chi connectivity index (χ0n) is 6.21. The number of rotatable bonds is 0. The monoisotopic (exact) mass is 256 g/mol. The van der Waals surface area contributed by atoms with Gasteiger partial charge in [0.2, 0.25) is 0 Å². The van der Waals surface area contributed by atoms with Crippen LogP contribution in [0.25, 0.3) is 10.1 Å². The van der Waals surface area contributed by atoms with E-state index in [0.717, 1.165) is 11.3 Å². The van der Waals surface area contributed by atoms with E-state index >= 15 is 0 Å². The maximum atomic E-state index is 13.3. The molecule has 0 aliphatic rings. The van der Waals surface area contributed by atoms with Crippen LogP contribution in [0, 0.1) is 17.1 Å². The largest absolute Gasteiger partial charge is 0.248 e. The molecule has 0 saturated carbocycles. The van der Waals surface area contributed by atoms with Crippen molar-refractivity contribution in [1.82, 2.24) is 4.98 Å². The number of nitriles is 1. The maximum Gasteiger partial charge on any atom is 0.159 e. The number of thiophene rings is 1. The van der Waals surface area contributed by atoms with Gasteiger partial charge in [0.15, 0.2) is 5.82 Å². The average molecular weight is 257 g/mol. The van der Waals surface area contributed by atoms with Crippen LogP contribution < -0.4 is 0 Å². The number of aromatic nitrogens is 1. The fourth-order valence-electron chi connectivity index (χ4n) is 1.02. The zero-order valence-corrected chi connectivity index (χ0v) is 8.62. The first kappa shape index (κ1) is 8.60. The number of hydrogen-bond donors (Lipinski definition) is 0. The van der Waals surface area contributed by atoms with Gasteiger partial charge in [-0.15, -0.1) is 11.3 Å². The molecule has 2 rings (SSSR count). The Morgan fingerprint density at radius 2 is 2.38 bits per heavy atom. The predicted octanol–water partition coefficient (Wildman–Crippen LogP) is 3.07. The van der Waals surface area contributed by atoms with E-state index in [0.29, 0.717) is 14.7 Å². The Hall–Kier alpha value is -0.990. The van der Waals surface area contributed by atoms with Crippen LogP contribution in [-0.2, 0) is 0 Å². The van der Waals surface area contributed by atoms with Crippen molar-refractivity contribution < 1.29 is 4.39 Å². The van der Waals surface area contributed by atoms with Gasteiger partial charge in [0.1, 0.15) is 15.5 Å². The van der Waals surface area contributed by atoms with Gasteiger partial charge in [-0.25, -0.2) is 9.37 Å². The van der Waals surface area contributed by atoms with Crippen molar-refractivity contribution in [2.24, 2.45) is 0 Å². The molecule has 5 heteroatoms. The van der Waals surface area contributed by atoms with Crippen molar-refractivity contribution in [3.8, 4) is 6.07 Å². The third-order valence-corrected chi connectivity index (χ3v) is 3.04. The lowest BCUT2D eigenvalue weighted by atomic mass is 10.3. The summed E-state index contributed by atoms with van der Waals surface area (Å²) >= 11 is 4.25. The van der Waals surface area contributed by atoms with Gasteiger partial charge in [0, 0.05) is 11.6 Å². The minimum absolute atomic E-state index is 0.106. The molecule has 0 aliphatic heterocycles. The molecular formula is C8H2BrFN2S. The van der Waals surface area contributed by atoms with Gasteiger partial charge in [-0.3, -0.25) is 0 Å². The second-order valence-electron chi connectivity index (χ2n) is 2.36. The standard InChI is InChI=1S/C8H2BrFN2S/c9-7-1-4-6(3-12-7)13-5(2-11)8(4)10/h1,3H. The van der Waals surface area contributed by atoms with Crippen molar-refractivity contribution in [3.05, 3.63) is 27.6 Å². The summed E-state index contributed by atoms with van der Waals surface area (Å²) in [7, 11) is 0. The van der Waals surface area contributed by atoms with Crippen LogP contribution in [0.2, 0.25) is 0 Å². The van der Waals surface area contributed by atoms with Crippen LogP contribution in [0.3, 0.4) is 0 Å². The highest BCUT2D eigenvalue weighted by atomic mass is 79.9. The maximum absolute atomic E-state index is 13.3. The van der Waals surface area contributed by atoms with Crippen LogP contribution in [0.15, 0.2) is 16.9 Å². The highest BCUT2D eigenvalue weighted by Gasteiger charge is 2.11. The lowest BCUT2D eigenvalue weighted by molar-refractivity contribution is 0.641. The molecule has 0 amide bonds. The van der Waals surface area contributed by atoms with E-state index in [1.807, 2.05) is 0 Å². The molecule has 0 fully saturated rings. The number of fused-ring (bicyclic) bond motifs is 1. The van der Waals surface area contributed by atoms with Crippen LogP contribution in [0.4, 0.5) is 4.39 Å². The van der Waals surface area contributed by atoms with Crippen molar-refractivity contribution in [3.63, 3.8) is 0 Å². The normalized spacial score (nSPS) is 10.2. The molecule has 2 aromatic rings. The predicted molar refractivity (Wildman–Crippen MR) is 52.0 cm³/mol. The molecule has 2 heterocycles. The first-order chi connectivity index (χ1) is 6.22. The number of pyridine rings is 1. The van der Waals surface area contributed by atoms with Crippen LogP contribution >= 0.6 is 27.3 Å². The van der Waals surface area contributed by atoms with Gasteiger partial charge >= 0.3 is 0 Å². The van der Waals surface area contributed by atoms with E-state index in [4.69, 9.17) is 5.26 Å². The Kier molecular flexibility index (Phi) is 2.02. The van der Waals surface area contributed by atoms with Crippen molar-refractivity contribution in [2.45, 2.75) is 0 Å². The summed E-state index contributed by atoms with van der Waals surface area (Å²) < 4.78 is 14.6. The molecule has 0 atom stereocenters. The summed E-state index contributed by atoms with van der Waals surface area (Å²) in [4.78, 5) is 4.05. The molecule has 0 radical (unpaired) electrons. The smallest absolute Gasteiger partial charge is 0.159 e. The molecule has 0 spiro atoms. The molecule has 64 valence electrons. The minimum atomic E-state index is -0.453. The summed E-state index contributed by atoms with van der Waals surface area (Å²) in [6.07, 6.45) is 1.55. The van der Waals surface area contributed by atoms with Gasteiger partial charge in [-0.1, -0.05) is 0 Å². The van der Waals surface area contributed by atoms with Gasteiger partial charge in [0.25, 0.3) is 0 Å². The highest BCUT2D eigenvalue weighted by molar-refractivity contribution is 9.10. The molecule has 0 N–H and O–H groups in total. The first-order valence-electron chi connectivity index (χ1n) is 3.36. The van der Waals surface area contributed by atoms with E-state index in [2.05, 4.69) is 20.9 Å². The average Bonchev–Trinajstić information content (AvgIpc) is 2.44. The third kappa shape index (κ3) is 1.32. The Morgan fingerprint density at radius 3 is 3.08 bits per heavy atom. The van der Waals surface area contributed by atoms with E-state index in [1.165, 1.54) is 0 Å². The molecule has 2 nitrogen and oxygen atoms in total. The molecule has 0 bridgehead atoms. The summed E-state index contributed by atoms with van der Waals surface area (Å²) in [5.41, 5.74) is 0. The topological polar surface area (TPSA) is 36.7 Å². The quantitative estimate of drug-likeness (QED) is 0.680. The van der Waals surface area contributed by atoms with Gasteiger partial charge in [-0.05, 0) is 22.0 Å². The second-order valence-corrected chi connectivity index (χ2v) is 4.22. The highest BCUT2D eigenvalue weighted by Crippen LogP contribution is 2.30. The van der Waals surface area contributed by atoms with E-state index in [9.17, 15) is 4.39 Å². The zero-order chi connectivity index (χ0) is 9.42. The van der Waals surface area contributed by atoms with E-state index in [-0.39, 0.29) is 4.88 Å². The minimum Gasteiger partial charge on any atom is -0.248 e. The lowest BCUT2D eigenvalue weighted by Crippen LogP contribution is -1.76. The first-order valence-corrected chi connectivity index (χ1v) is 4.97. The third-order valence-electron chi connectivity index (χ3n) is 1.58. The van der Waals surface area contributed by atoms with Crippen LogP contribution in [-0.4, -0.2) is 4.98 Å². The molecular weight excluding hydrogens is 255 g/mol. The van der Waals surface area contributed by atoms with Crippen molar-refractivity contribution in [2.75, 3.05) is 0 Å². The van der Waals surface area contributed by atoms with Gasteiger partial charge in [0.05, 0.1) is 4.70 Å². The molecule has 0 unspecified atom stereocenters.